The third kappa shape index (κ3) is 3.34. The van der Waals surface area contributed by atoms with Gasteiger partial charge in [-0.3, -0.25) is 4.79 Å². The Morgan fingerprint density at radius 2 is 1.95 bits per heavy atom. The van der Waals surface area contributed by atoms with Crippen LogP contribution < -0.4 is 15.4 Å². The summed E-state index contributed by atoms with van der Waals surface area (Å²) in [6.45, 7) is 2.52. The maximum atomic E-state index is 11.7. The van der Waals surface area contributed by atoms with Crippen molar-refractivity contribution in [3.63, 3.8) is 0 Å². The van der Waals surface area contributed by atoms with Crippen LogP contribution >= 0.6 is 0 Å². The maximum Gasteiger partial charge on any atom is 0.226 e. The number of anilines is 2. The molecule has 0 spiro atoms. The van der Waals surface area contributed by atoms with E-state index in [0.717, 1.165) is 22.7 Å². The summed E-state index contributed by atoms with van der Waals surface area (Å²) < 4.78 is 5.81. The second-order valence-electron chi connectivity index (χ2n) is 5.28. The van der Waals surface area contributed by atoms with E-state index >= 15 is 0 Å². The molecular weight excluding hydrogens is 264 g/mol. The van der Waals surface area contributed by atoms with Crippen molar-refractivity contribution < 1.29 is 9.53 Å². The third-order valence-electron chi connectivity index (χ3n) is 3.41. The average Bonchev–Trinajstić information content (AvgIpc) is 2.62. The van der Waals surface area contributed by atoms with E-state index in [0.29, 0.717) is 13.0 Å². The molecule has 2 N–H and O–H groups in total. The molecule has 0 saturated heterocycles. The van der Waals surface area contributed by atoms with Gasteiger partial charge in [0.25, 0.3) is 0 Å². The van der Waals surface area contributed by atoms with Crippen LogP contribution in [0.1, 0.15) is 18.9 Å². The van der Waals surface area contributed by atoms with E-state index in [-0.39, 0.29) is 11.9 Å². The second-order valence-corrected chi connectivity index (χ2v) is 5.28. The summed E-state index contributed by atoms with van der Waals surface area (Å²) in [5.74, 6) is 0.820. The number of amides is 1. The van der Waals surface area contributed by atoms with Gasteiger partial charge >= 0.3 is 0 Å². The highest BCUT2D eigenvalue weighted by Crippen LogP contribution is 2.30. The number of carbonyl (C=O) groups excluding carboxylic acids is 1. The second kappa shape index (κ2) is 5.87. The highest BCUT2D eigenvalue weighted by Gasteiger charge is 2.17. The number of benzene rings is 2. The van der Waals surface area contributed by atoms with E-state index in [2.05, 4.69) is 10.6 Å². The minimum atomic E-state index is 0.0340. The minimum Gasteiger partial charge on any atom is -0.489 e. The Balaban J connectivity index is 1.75. The van der Waals surface area contributed by atoms with Gasteiger partial charge < -0.3 is 15.4 Å². The number of nitrogens with one attached hydrogen (secondary N) is 2. The third-order valence-corrected chi connectivity index (χ3v) is 3.41. The van der Waals surface area contributed by atoms with Crippen LogP contribution in [0, 0.1) is 0 Å². The minimum absolute atomic E-state index is 0.0340. The maximum absolute atomic E-state index is 11.7. The Morgan fingerprint density at radius 3 is 2.76 bits per heavy atom. The summed E-state index contributed by atoms with van der Waals surface area (Å²) in [6, 6.07) is 15.8. The first kappa shape index (κ1) is 13.5. The summed E-state index contributed by atoms with van der Waals surface area (Å²) in [5, 5.41) is 6.22. The Hall–Kier alpha value is -2.49. The Labute approximate surface area is 124 Å². The molecule has 0 aliphatic carbocycles. The van der Waals surface area contributed by atoms with Crippen LogP contribution in [0.15, 0.2) is 48.5 Å². The van der Waals surface area contributed by atoms with Crippen molar-refractivity contribution >= 4 is 17.3 Å². The zero-order valence-corrected chi connectivity index (χ0v) is 11.9. The topological polar surface area (TPSA) is 50.4 Å². The molecule has 1 unspecified atom stereocenters. The van der Waals surface area contributed by atoms with Crippen molar-refractivity contribution in [2.75, 3.05) is 10.6 Å². The lowest BCUT2D eigenvalue weighted by molar-refractivity contribution is -0.116. The fourth-order valence-electron chi connectivity index (χ4n) is 2.38. The Morgan fingerprint density at radius 1 is 1.14 bits per heavy atom. The van der Waals surface area contributed by atoms with Crippen LogP contribution in [0.25, 0.3) is 0 Å². The van der Waals surface area contributed by atoms with Gasteiger partial charge in [-0.1, -0.05) is 30.3 Å². The monoisotopic (exact) mass is 282 g/mol. The van der Waals surface area contributed by atoms with Crippen molar-refractivity contribution in [1.29, 1.82) is 0 Å². The molecule has 2 aromatic rings. The van der Waals surface area contributed by atoms with Gasteiger partial charge in [0.1, 0.15) is 12.4 Å². The lowest BCUT2D eigenvalue weighted by Crippen LogP contribution is -2.18. The first-order valence-corrected chi connectivity index (χ1v) is 7.08. The molecule has 0 aromatic heterocycles. The average molecular weight is 282 g/mol. The van der Waals surface area contributed by atoms with E-state index < -0.39 is 0 Å². The number of rotatable bonds is 3. The van der Waals surface area contributed by atoms with Gasteiger partial charge in [-0.2, -0.15) is 0 Å². The molecule has 4 nitrogen and oxygen atoms in total. The molecule has 2 aromatic carbocycles. The Bertz CT molecular complexity index is 640. The summed E-state index contributed by atoms with van der Waals surface area (Å²) in [5.41, 5.74) is 2.83. The van der Waals surface area contributed by atoms with E-state index in [4.69, 9.17) is 4.74 Å². The molecular formula is C17H18N2O2. The predicted octanol–water partition coefficient (Wildman–Crippen LogP) is 3.41. The summed E-state index contributed by atoms with van der Waals surface area (Å²) >= 11 is 0. The first-order chi connectivity index (χ1) is 10.2. The van der Waals surface area contributed by atoms with E-state index in [9.17, 15) is 4.79 Å². The smallest absolute Gasteiger partial charge is 0.226 e. The van der Waals surface area contributed by atoms with E-state index in [1.54, 1.807) is 0 Å². The van der Waals surface area contributed by atoms with Gasteiger partial charge in [0.05, 0.1) is 11.4 Å². The quantitative estimate of drug-likeness (QED) is 0.907. The number of hydrogen-bond acceptors (Lipinski definition) is 3. The number of ether oxygens (including phenoxy) is 1. The first-order valence-electron chi connectivity index (χ1n) is 7.08. The van der Waals surface area contributed by atoms with Crippen LogP contribution in [0.5, 0.6) is 5.75 Å². The van der Waals surface area contributed by atoms with Crippen molar-refractivity contribution in [2.45, 2.75) is 26.0 Å². The summed E-state index contributed by atoms with van der Waals surface area (Å²) in [4.78, 5) is 11.7. The molecule has 3 rings (SSSR count). The lowest BCUT2D eigenvalue weighted by atomic mass is 10.2. The predicted molar refractivity (Wildman–Crippen MR) is 83.5 cm³/mol. The van der Waals surface area contributed by atoms with Gasteiger partial charge in [0.2, 0.25) is 5.91 Å². The number of hydrogen-bond donors (Lipinski definition) is 2. The molecule has 0 bridgehead atoms. The molecule has 0 saturated carbocycles. The fourth-order valence-corrected chi connectivity index (χ4v) is 2.38. The fraction of sp³-hybridized carbons (Fsp3) is 0.235. The van der Waals surface area contributed by atoms with Crippen LogP contribution in [0.3, 0.4) is 0 Å². The van der Waals surface area contributed by atoms with Gasteiger partial charge in [-0.05, 0) is 24.6 Å². The molecule has 21 heavy (non-hydrogen) atoms. The van der Waals surface area contributed by atoms with Crippen molar-refractivity contribution in [2.24, 2.45) is 0 Å². The molecule has 1 atom stereocenters. The zero-order chi connectivity index (χ0) is 14.7. The SMILES string of the molecule is CC1CC(=O)Nc2ccc(OCc3ccccc3)cc2N1. The van der Waals surface area contributed by atoms with E-state index in [1.165, 1.54) is 0 Å². The number of carbonyl (C=O) groups is 1. The van der Waals surface area contributed by atoms with Crippen molar-refractivity contribution in [1.82, 2.24) is 0 Å². The molecule has 1 heterocycles. The molecule has 4 heteroatoms. The standard InChI is InChI=1S/C17H18N2O2/c1-12-9-17(20)19-15-8-7-14(10-16(15)18-12)21-11-13-5-3-2-4-6-13/h2-8,10,12,18H,9,11H2,1H3,(H,19,20). The molecule has 0 fully saturated rings. The van der Waals surface area contributed by atoms with Crippen LogP contribution in [0.2, 0.25) is 0 Å². The van der Waals surface area contributed by atoms with E-state index in [1.807, 2.05) is 55.5 Å². The highest BCUT2D eigenvalue weighted by molar-refractivity contribution is 5.96. The van der Waals surface area contributed by atoms with Gasteiger partial charge in [0.15, 0.2) is 0 Å². The van der Waals surface area contributed by atoms with Gasteiger partial charge in [-0.25, -0.2) is 0 Å². The van der Waals surface area contributed by atoms with Crippen molar-refractivity contribution in [3.05, 3.63) is 54.1 Å². The summed E-state index contributed by atoms with van der Waals surface area (Å²) in [7, 11) is 0. The number of fused-ring (bicyclic) bond motifs is 1. The molecule has 1 aliphatic rings. The summed E-state index contributed by atoms with van der Waals surface area (Å²) in [6.07, 6.45) is 0.467. The largest absolute Gasteiger partial charge is 0.489 e. The van der Waals surface area contributed by atoms with Crippen LogP contribution in [-0.2, 0) is 11.4 Å². The normalized spacial score (nSPS) is 17.2. The lowest BCUT2D eigenvalue weighted by Gasteiger charge is -2.14. The van der Waals surface area contributed by atoms with Gasteiger partial charge in [0, 0.05) is 18.5 Å². The van der Waals surface area contributed by atoms with Crippen molar-refractivity contribution in [3.8, 4) is 5.75 Å². The molecule has 1 amide bonds. The van der Waals surface area contributed by atoms with Gasteiger partial charge in [-0.15, -0.1) is 0 Å². The molecule has 1 aliphatic heterocycles. The zero-order valence-electron chi connectivity index (χ0n) is 11.9. The molecule has 108 valence electrons. The Kier molecular flexibility index (Phi) is 3.77. The highest BCUT2D eigenvalue weighted by atomic mass is 16.5. The van der Waals surface area contributed by atoms with Crippen LogP contribution in [-0.4, -0.2) is 11.9 Å². The van der Waals surface area contributed by atoms with Crippen LogP contribution in [0.4, 0.5) is 11.4 Å². The molecule has 0 radical (unpaired) electrons.